The lowest BCUT2D eigenvalue weighted by atomic mass is 10.1. The van der Waals surface area contributed by atoms with Crippen molar-refractivity contribution in [2.24, 2.45) is 10.9 Å². The van der Waals surface area contributed by atoms with Gasteiger partial charge in [0.05, 0.1) is 0 Å². The Bertz CT molecular complexity index is 387. The summed E-state index contributed by atoms with van der Waals surface area (Å²) in [5.41, 5.74) is 8.00. The Morgan fingerprint density at radius 3 is 2.53 bits per heavy atom. The van der Waals surface area contributed by atoms with Crippen LogP contribution in [0.15, 0.2) is 29.4 Å². The smallest absolute Gasteiger partial charge is 0.141 e. The van der Waals surface area contributed by atoms with Crippen LogP contribution in [-0.4, -0.2) is 17.1 Å². The highest BCUT2D eigenvalue weighted by molar-refractivity contribution is 5.80. The molecule has 0 saturated heterocycles. The average molecular weight is 263 g/mol. The normalized spacial score (nSPS) is 13.3. The molecule has 0 amide bonds. The minimum atomic E-state index is 0.192. The van der Waals surface area contributed by atoms with E-state index in [4.69, 9.17) is 10.9 Å². The minimum absolute atomic E-state index is 0.192. The fraction of sp³-hybridized carbons (Fsp3) is 0.533. The number of unbranched alkanes of at least 4 members (excludes halogenated alkanes) is 1. The molecular formula is C15H25N3O. The van der Waals surface area contributed by atoms with E-state index in [-0.39, 0.29) is 11.9 Å². The molecule has 0 aromatic heterocycles. The molecule has 0 aliphatic rings. The predicted octanol–water partition coefficient (Wildman–Crippen LogP) is 3.36. The summed E-state index contributed by atoms with van der Waals surface area (Å²) in [5, 5.41) is 15.0. The van der Waals surface area contributed by atoms with Gasteiger partial charge in [0.1, 0.15) is 5.84 Å². The highest BCUT2D eigenvalue weighted by Gasteiger charge is 2.08. The second-order valence-electron chi connectivity index (χ2n) is 4.85. The summed E-state index contributed by atoms with van der Waals surface area (Å²) in [6.45, 7) is 4.28. The van der Waals surface area contributed by atoms with Crippen molar-refractivity contribution in [3.05, 3.63) is 29.8 Å². The number of oxime groups is 1. The summed E-state index contributed by atoms with van der Waals surface area (Å²) in [6, 6.07) is 8.71. The molecule has 106 valence electrons. The number of rotatable bonds is 8. The Balaban J connectivity index is 2.55. The number of aryl methyl sites for hydroxylation is 1. The van der Waals surface area contributed by atoms with E-state index in [9.17, 15) is 0 Å². The highest BCUT2D eigenvalue weighted by atomic mass is 16.4. The molecule has 1 atom stereocenters. The first-order valence-electron chi connectivity index (χ1n) is 7.01. The summed E-state index contributed by atoms with van der Waals surface area (Å²) in [4.78, 5) is 0. The number of nitrogens with zero attached hydrogens (tertiary/aromatic N) is 1. The van der Waals surface area contributed by atoms with Crippen LogP contribution in [0.25, 0.3) is 0 Å². The summed E-state index contributed by atoms with van der Waals surface area (Å²) in [5.74, 6) is 0.263. The van der Waals surface area contributed by atoms with Gasteiger partial charge in [-0.3, -0.25) is 0 Å². The Morgan fingerprint density at radius 1 is 1.32 bits per heavy atom. The van der Waals surface area contributed by atoms with Crippen molar-refractivity contribution in [2.45, 2.75) is 52.0 Å². The SMILES string of the molecule is CCCCc1ccc(NC(CC)CC(N)=NO)cc1. The Morgan fingerprint density at radius 2 is 2.00 bits per heavy atom. The third-order valence-electron chi connectivity index (χ3n) is 3.22. The van der Waals surface area contributed by atoms with Gasteiger partial charge in [0.25, 0.3) is 0 Å². The zero-order valence-corrected chi connectivity index (χ0v) is 11.9. The number of nitrogens with one attached hydrogen (secondary N) is 1. The predicted molar refractivity (Wildman–Crippen MR) is 80.8 cm³/mol. The molecule has 0 saturated carbocycles. The van der Waals surface area contributed by atoms with Crippen molar-refractivity contribution in [3.8, 4) is 0 Å². The van der Waals surface area contributed by atoms with Crippen LogP contribution in [0.3, 0.4) is 0 Å². The fourth-order valence-corrected chi connectivity index (χ4v) is 1.97. The maximum absolute atomic E-state index is 8.60. The van der Waals surface area contributed by atoms with Crippen molar-refractivity contribution in [3.63, 3.8) is 0 Å². The van der Waals surface area contributed by atoms with E-state index >= 15 is 0 Å². The van der Waals surface area contributed by atoms with Crippen LogP contribution >= 0.6 is 0 Å². The number of hydrogen-bond acceptors (Lipinski definition) is 3. The van der Waals surface area contributed by atoms with E-state index in [1.54, 1.807) is 0 Å². The van der Waals surface area contributed by atoms with Crippen LogP contribution < -0.4 is 11.1 Å². The molecule has 1 rings (SSSR count). The monoisotopic (exact) mass is 263 g/mol. The Labute approximate surface area is 115 Å². The van der Waals surface area contributed by atoms with Gasteiger partial charge in [-0.05, 0) is 37.0 Å². The van der Waals surface area contributed by atoms with Crippen LogP contribution in [0.1, 0.15) is 45.1 Å². The largest absolute Gasteiger partial charge is 0.409 e. The second-order valence-corrected chi connectivity index (χ2v) is 4.85. The Hall–Kier alpha value is -1.71. The van der Waals surface area contributed by atoms with Gasteiger partial charge >= 0.3 is 0 Å². The fourth-order valence-electron chi connectivity index (χ4n) is 1.97. The summed E-state index contributed by atoms with van der Waals surface area (Å²) in [7, 11) is 0. The molecule has 0 spiro atoms. The van der Waals surface area contributed by atoms with Crippen molar-refractivity contribution in [2.75, 3.05) is 5.32 Å². The van der Waals surface area contributed by atoms with E-state index in [1.165, 1.54) is 18.4 Å². The van der Waals surface area contributed by atoms with Crippen LogP contribution in [0.4, 0.5) is 5.69 Å². The van der Waals surface area contributed by atoms with Gasteiger partial charge < -0.3 is 16.3 Å². The van der Waals surface area contributed by atoms with Crippen LogP contribution in [0, 0.1) is 0 Å². The van der Waals surface area contributed by atoms with Gasteiger partial charge in [0, 0.05) is 18.2 Å². The molecule has 19 heavy (non-hydrogen) atoms. The molecule has 0 aliphatic heterocycles. The van der Waals surface area contributed by atoms with Gasteiger partial charge in [-0.2, -0.15) is 0 Å². The van der Waals surface area contributed by atoms with Crippen molar-refractivity contribution in [1.82, 2.24) is 0 Å². The number of benzene rings is 1. The minimum Gasteiger partial charge on any atom is -0.409 e. The molecule has 0 aliphatic carbocycles. The highest BCUT2D eigenvalue weighted by Crippen LogP contribution is 2.14. The van der Waals surface area contributed by atoms with Gasteiger partial charge in [-0.25, -0.2) is 0 Å². The first-order valence-corrected chi connectivity index (χ1v) is 7.01. The van der Waals surface area contributed by atoms with Crippen molar-refractivity contribution in [1.29, 1.82) is 0 Å². The van der Waals surface area contributed by atoms with E-state index in [0.29, 0.717) is 6.42 Å². The lowest BCUT2D eigenvalue weighted by Crippen LogP contribution is -2.26. The number of hydrogen-bond donors (Lipinski definition) is 3. The topological polar surface area (TPSA) is 70.6 Å². The molecule has 4 nitrogen and oxygen atoms in total. The number of amidine groups is 1. The van der Waals surface area contributed by atoms with Gasteiger partial charge in [-0.1, -0.05) is 37.6 Å². The lowest BCUT2D eigenvalue weighted by Gasteiger charge is -2.17. The van der Waals surface area contributed by atoms with E-state index in [1.807, 2.05) is 0 Å². The molecule has 4 heteroatoms. The van der Waals surface area contributed by atoms with Gasteiger partial charge in [0.15, 0.2) is 0 Å². The van der Waals surface area contributed by atoms with Crippen molar-refractivity contribution >= 4 is 11.5 Å². The van der Waals surface area contributed by atoms with Gasteiger partial charge in [-0.15, -0.1) is 0 Å². The molecule has 0 radical (unpaired) electrons. The number of nitrogens with two attached hydrogens (primary N) is 1. The summed E-state index contributed by atoms with van der Waals surface area (Å²) < 4.78 is 0. The van der Waals surface area contributed by atoms with E-state index < -0.39 is 0 Å². The Kier molecular flexibility index (Phi) is 6.79. The first-order chi connectivity index (χ1) is 9.19. The third kappa shape index (κ3) is 5.64. The zero-order valence-electron chi connectivity index (χ0n) is 11.9. The second kappa shape index (κ2) is 8.40. The van der Waals surface area contributed by atoms with E-state index in [0.717, 1.165) is 18.5 Å². The molecule has 0 fully saturated rings. The zero-order chi connectivity index (χ0) is 14.1. The number of anilines is 1. The van der Waals surface area contributed by atoms with Crippen LogP contribution in [0.2, 0.25) is 0 Å². The average Bonchev–Trinajstić information content (AvgIpc) is 2.45. The first kappa shape index (κ1) is 15.3. The molecular weight excluding hydrogens is 238 g/mol. The summed E-state index contributed by atoms with van der Waals surface area (Å²) >= 11 is 0. The molecule has 0 heterocycles. The van der Waals surface area contributed by atoms with Crippen molar-refractivity contribution < 1.29 is 5.21 Å². The maximum atomic E-state index is 8.60. The molecule has 0 bridgehead atoms. The lowest BCUT2D eigenvalue weighted by molar-refractivity contribution is 0.316. The molecule has 1 aromatic carbocycles. The quantitative estimate of drug-likeness (QED) is 0.291. The van der Waals surface area contributed by atoms with E-state index in [2.05, 4.69) is 48.6 Å². The maximum Gasteiger partial charge on any atom is 0.141 e. The van der Waals surface area contributed by atoms with Crippen LogP contribution in [0.5, 0.6) is 0 Å². The van der Waals surface area contributed by atoms with Crippen LogP contribution in [-0.2, 0) is 6.42 Å². The standard InChI is InChI=1S/C15H25N3O/c1-3-5-6-12-7-9-14(10-8-12)17-13(4-2)11-15(16)18-19/h7-10,13,17,19H,3-6,11H2,1-2H3,(H2,16,18). The third-order valence-corrected chi connectivity index (χ3v) is 3.22. The molecule has 1 aromatic rings. The molecule has 4 N–H and O–H groups in total. The molecule has 1 unspecified atom stereocenters. The summed E-state index contributed by atoms with van der Waals surface area (Å²) in [6.07, 6.45) is 5.06. The van der Waals surface area contributed by atoms with Gasteiger partial charge in [0.2, 0.25) is 0 Å².